The molecule has 0 amide bonds. The minimum absolute atomic E-state index is 0.265. The maximum Gasteiger partial charge on any atom is 0.416 e. The number of carbonyl (C=O) groups is 1. The molecule has 0 aliphatic carbocycles. The lowest BCUT2D eigenvalue weighted by Crippen LogP contribution is -2.30. The van der Waals surface area contributed by atoms with Crippen LogP contribution in [0.5, 0.6) is 11.5 Å². The molecule has 0 fully saturated rings. The third-order valence-electron chi connectivity index (χ3n) is 7.27. The first kappa shape index (κ1) is 30.4. The second-order valence-electron chi connectivity index (χ2n) is 10.5. The van der Waals surface area contributed by atoms with Gasteiger partial charge in [-0.1, -0.05) is 72.8 Å². The molecule has 3 N–H and O–H groups in total. The predicted octanol–water partition coefficient (Wildman–Crippen LogP) is 8.69. The number of halogens is 3. The zero-order valence-electron chi connectivity index (χ0n) is 23.8. The molecule has 1 aliphatic rings. The van der Waals surface area contributed by atoms with Gasteiger partial charge < -0.3 is 15.6 Å². The van der Waals surface area contributed by atoms with Gasteiger partial charge in [0.05, 0.1) is 11.1 Å². The topological polar surface area (TPSA) is 75.8 Å². The van der Waals surface area contributed by atoms with Crippen molar-refractivity contribution in [2.75, 3.05) is 12.3 Å². The van der Waals surface area contributed by atoms with Gasteiger partial charge in [0.2, 0.25) is 0 Å². The number of ether oxygens (including phenoxy) is 1. The van der Waals surface area contributed by atoms with E-state index in [0.29, 0.717) is 11.6 Å². The number of nitrogens with two attached hydrogens (primary N) is 1. The van der Waals surface area contributed by atoms with Gasteiger partial charge in [0.25, 0.3) is 0 Å². The SMILES string of the molecule is Nc1ccc2c(c1)CCN(Cc1cccc(Oc3ccccc3)c1)C2.O=C(O)c1cc(C(F)(F)F)ccc1-c1ccccc1. The van der Waals surface area contributed by atoms with Crippen molar-refractivity contribution in [1.82, 2.24) is 4.90 Å². The molecule has 5 nitrogen and oxygen atoms in total. The average Bonchev–Trinajstić information content (AvgIpc) is 3.02. The van der Waals surface area contributed by atoms with Gasteiger partial charge in [0, 0.05) is 25.3 Å². The Morgan fingerprint density at radius 1 is 0.795 bits per heavy atom. The van der Waals surface area contributed by atoms with Gasteiger partial charge in [-0.05, 0) is 82.8 Å². The number of hydrogen-bond acceptors (Lipinski definition) is 4. The molecule has 0 aromatic heterocycles. The van der Waals surface area contributed by atoms with Crippen LogP contribution in [0.25, 0.3) is 11.1 Å². The number of carboxylic acid groups (broad SMARTS) is 1. The zero-order valence-corrected chi connectivity index (χ0v) is 23.8. The second kappa shape index (κ2) is 13.5. The molecular weight excluding hydrogens is 565 g/mol. The number of carboxylic acids is 1. The lowest BCUT2D eigenvalue weighted by molar-refractivity contribution is -0.137. The Morgan fingerprint density at radius 3 is 2.20 bits per heavy atom. The Labute approximate surface area is 254 Å². The maximum absolute atomic E-state index is 12.6. The van der Waals surface area contributed by atoms with Gasteiger partial charge in [-0.2, -0.15) is 13.2 Å². The third kappa shape index (κ3) is 7.85. The predicted molar refractivity (Wildman–Crippen MR) is 165 cm³/mol. The molecule has 5 aromatic carbocycles. The van der Waals surface area contributed by atoms with Crippen molar-refractivity contribution in [2.24, 2.45) is 0 Å². The molecular formula is C36H31F3N2O3. The van der Waals surface area contributed by atoms with Crippen LogP contribution >= 0.6 is 0 Å². The van der Waals surface area contributed by atoms with Crippen molar-refractivity contribution in [3.63, 3.8) is 0 Å². The van der Waals surface area contributed by atoms with Crippen LogP contribution in [0.3, 0.4) is 0 Å². The van der Waals surface area contributed by atoms with Crippen molar-refractivity contribution in [3.8, 4) is 22.6 Å². The molecule has 1 heterocycles. The van der Waals surface area contributed by atoms with Crippen LogP contribution in [-0.4, -0.2) is 22.5 Å². The lowest BCUT2D eigenvalue weighted by Gasteiger charge is -2.29. The lowest BCUT2D eigenvalue weighted by atomic mass is 9.97. The normalized spacial score (nSPS) is 12.9. The van der Waals surface area contributed by atoms with E-state index in [0.717, 1.165) is 49.3 Å². The number of nitrogen functional groups attached to an aromatic ring is 1. The summed E-state index contributed by atoms with van der Waals surface area (Å²) in [7, 11) is 0. The number of rotatable bonds is 6. The summed E-state index contributed by atoms with van der Waals surface area (Å²) >= 11 is 0. The fourth-order valence-corrected chi connectivity index (χ4v) is 5.12. The Kier molecular flexibility index (Phi) is 9.31. The quantitative estimate of drug-likeness (QED) is 0.192. The molecule has 0 unspecified atom stereocenters. The Hall–Kier alpha value is -5.08. The molecule has 224 valence electrons. The number of hydrogen-bond donors (Lipinski definition) is 2. The molecule has 5 aromatic rings. The zero-order chi connectivity index (χ0) is 31.1. The number of fused-ring (bicyclic) bond motifs is 1. The van der Waals surface area contributed by atoms with Gasteiger partial charge in [-0.15, -0.1) is 0 Å². The number of anilines is 1. The van der Waals surface area contributed by atoms with Gasteiger partial charge >= 0.3 is 12.1 Å². The number of aromatic carboxylic acids is 1. The van der Waals surface area contributed by atoms with E-state index in [-0.39, 0.29) is 11.1 Å². The van der Waals surface area contributed by atoms with E-state index in [2.05, 4.69) is 35.2 Å². The van der Waals surface area contributed by atoms with Crippen molar-refractivity contribution >= 4 is 11.7 Å². The highest BCUT2D eigenvalue weighted by atomic mass is 19.4. The van der Waals surface area contributed by atoms with E-state index < -0.39 is 17.7 Å². The van der Waals surface area contributed by atoms with Crippen LogP contribution in [0.4, 0.5) is 18.9 Å². The van der Waals surface area contributed by atoms with E-state index in [1.54, 1.807) is 30.3 Å². The van der Waals surface area contributed by atoms with Crippen LogP contribution < -0.4 is 10.5 Å². The first-order chi connectivity index (χ1) is 21.2. The Balaban J connectivity index is 0.000000182. The van der Waals surface area contributed by atoms with Crippen LogP contribution in [0.1, 0.15) is 32.6 Å². The van der Waals surface area contributed by atoms with E-state index in [1.807, 2.05) is 42.5 Å². The van der Waals surface area contributed by atoms with Crippen molar-refractivity contribution in [2.45, 2.75) is 25.7 Å². The average molecular weight is 597 g/mol. The number of para-hydroxylation sites is 1. The first-order valence-electron chi connectivity index (χ1n) is 14.1. The second-order valence-corrected chi connectivity index (χ2v) is 10.5. The van der Waals surface area contributed by atoms with Gasteiger partial charge in [0.1, 0.15) is 11.5 Å². The van der Waals surface area contributed by atoms with E-state index in [9.17, 15) is 18.0 Å². The van der Waals surface area contributed by atoms with Gasteiger partial charge in [-0.3, -0.25) is 4.90 Å². The molecule has 0 bridgehead atoms. The molecule has 0 saturated heterocycles. The van der Waals surface area contributed by atoms with Crippen molar-refractivity contribution in [3.05, 3.63) is 149 Å². The molecule has 1 aliphatic heterocycles. The highest BCUT2D eigenvalue weighted by Gasteiger charge is 2.32. The highest BCUT2D eigenvalue weighted by molar-refractivity contribution is 5.96. The summed E-state index contributed by atoms with van der Waals surface area (Å²) in [5.41, 5.74) is 10.3. The summed E-state index contributed by atoms with van der Waals surface area (Å²) in [6.07, 6.45) is -3.50. The molecule has 0 radical (unpaired) electrons. The smallest absolute Gasteiger partial charge is 0.416 e. The first-order valence-corrected chi connectivity index (χ1v) is 14.1. The Morgan fingerprint density at radius 2 is 1.50 bits per heavy atom. The minimum atomic E-state index is -4.56. The van der Waals surface area contributed by atoms with Crippen LogP contribution in [0.2, 0.25) is 0 Å². The summed E-state index contributed by atoms with van der Waals surface area (Å²) < 4.78 is 43.7. The fourth-order valence-electron chi connectivity index (χ4n) is 5.12. The van der Waals surface area contributed by atoms with Crippen LogP contribution in [-0.2, 0) is 25.7 Å². The number of alkyl halides is 3. The molecule has 0 atom stereocenters. The van der Waals surface area contributed by atoms with Gasteiger partial charge in [-0.25, -0.2) is 4.79 Å². The maximum atomic E-state index is 12.6. The van der Waals surface area contributed by atoms with Crippen LogP contribution in [0, 0.1) is 0 Å². The summed E-state index contributed by atoms with van der Waals surface area (Å²) in [5, 5.41) is 9.05. The Bertz CT molecular complexity index is 1720. The van der Waals surface area contributed by atoms with E-state index in [1.165, 1.54) is 22.8 Å². The largest absolute Gasteiger partial charge is 0.478 e. The van der Waals surface area contributed by atoms with Crippen LogP contribution in [0.15, 0.2) is 121 Å². The van der Waals surface area contributed by atoms with Crippen molar-refractivity contribution in [1.29, 1.82) is 0 Å². The minimum Gasteiger partial charge on any atom is -0.478 e. The fraction of sp³-hybridized carbons (Fsp3) is 0.139. The summed E-state index contributed by atoms with van der Waals surface area (Å²) in [4.78, 5) is 13.6. The number of benzene rings is 5. The summed E-state index contributed by atoms with van der Waals surface area (Å²) in [6.45, 7) is 2.95. The van der Waals surface area contributed by atoms with E-state index >= 15 is 0 Å². The molecule has 6 rings (SSSR count). The highest BCUT2D eigenvalue weighted by Crippen LogP contribution is 2.33. The standard InChI is InChI=1S/C22H22N2O.C14H9F3O2/c23-20-10-9-19-16-24(12-11-18(19)14-20)15-17-5-4-8-22(13-17)25-21-6-2-1-3-7-21;15-14(16,17)10-6-7-11(12(8-10)13(18)19)9-4-2-1-3-5-9/h1-10,13-14H,11-12,15-16,23H2;1-8H,(H,18,19). The number of nitrogens with zero attached hydrogens (tertiary/aromatic N) is 1. The third-order valence-corrected chi connectivity index (χ3v) is 7.27. The van der Waals surface area contributed by atoms with Gasteiger partial charge in [0.15, 0.2) is 0 Å². The molecule has 44 heavy (non-hydrogen) atoms. The molecule has 0 saturated carbocycles. The molecule has 8 heteroatoms. The molecule has 0 spiro atoms. The summed E-state index contributed by atoms with van der Waals surface area (Å²) in [6, 6.07) is 35.7. The monoisotopic (exact) mass is 596 g/mol. The summed E-state index contributed by atoms with van der Waals surface area (Å²) in [5.74, 6) is 0.364. The van der Waals surface area contributed by atoms with Crippen molar-refractivity contribution < 1.29 is 27.8 Å². The van der Waals surface area contributed by atoms with E-state index in [4.69, 9.17) is 15.6 Å².